The number of pyridine rings is 1. The van der Waals surface area contributed by atoms with Crippen molar-refractivity contribution in [3.63, 3.8) is 0 Å². The second-order valence-corrected chi connectivity index (χ2v) is 8.11. The van der Waals surface area contributed by atoms with Gasteiger partial charge in [-0.05, 0) is 67.3 Å². The highest BCUT2D eigenvalue weighted by atomic mass is 16.5. The highest BCUT2D eigenvalue weighted by Gasteiger charge is 2.24. The number of aromatic nitrogens is 1. The SMILES string of the molecule is COCC1CCN(Cc2cc3ccc(C)cc3nc2-c2ccc(OC)c(OC)c2)C1. The van der Waals surface area contributed by atoms with Gasteiger partial charge in [0.15, 0.2) is 11.5 Å². The van der Waals surface area contributed by atoms with E-state index in [1.807, 2.05) is 12.1 Å². The summed E-state index contributed by atoms with van der Waals surface area (Å²) in [5.41, 5.74) is 5.50. The Kier molecular flexibility index (Phi) is 6.21. The van der Waals surface area contributed by atoms with Gasteiger partial charge >= 0.3 is 0 Å². The molecule has 1 saturated heterocycles. The van der Waals surface area contributed by atoms with Crippen molar-refractivity contribution < 1.29 is 14.2 Å². The third-order valence-corrected chi connectivity index (χ3v) is 5.88. The zero-order valence-electron chi connectivity index (χ0n) is 18.3. The van der Waals surface area contributed by atoms with Crippen LogP contribution in [0.3, 0.4) is 0 Å². The molecule has 0 bridgehead atoms. The number of likely N-dealkylation sites (tertiary alicyclic amines) is 1. The van der Waals surface area contributed by atoms with E-state index in [-0.39, 0.29) is 0 Å². The Labute approximate surface area is 178 Å². The third-order valence-electron chi connectivity index (χ3n) is 5.88. The minimum Gasteiger partial charge on any atom is -0.493 e. The maximum Gasteiger partial charge on any atom is 0.161 e. The summed E-state index contributed by atoms with van der Waals surface area (Å²) in [6, 6.07) is 14.8. The van der Waals surface area contributed by atoms with Crippen molar-refractivity contribution in [3.05, 3.63) is 53.6 Å². The summed E-state index contributed by atoms with van der Waals surface area (Å²) in [5, 5.41) is 1.17. The molecule has 1 aromatic heterocycles. The predicted octanol–water partition coefficient (Wildman–Crippen LogP) is 4.70. The molecule has 0 spiro atoms. The summed E-state index contributed by atoms with van der Waals surface area (Å²) in [4.78, 5) is 7.59. The fourth-order valence-electron chi connectivity index (χ4n) is 4.34. The predicted molar refractivity (Wildman–Crippen MR) is 120 cm³/mol. The largest absolute Gasteiger partial charge is 0.493 e. The molecule has 1 unspecified atom stereocenters. The van der Waals surface area contributed by atoms with Gasteiger partial charge in [-0.15, -0.1) is 0 Å². The molecule has 0 amide bonds. The standard InChI is InChI=1S/C25H30N2O3/c1-17-5-6-19-12-21(15-27-10-9-18(14-27)16-28-2)25(26-22(19)11-17)20-7-8-23(29-3)24(13-20)30-4/h5-8,11-13,18H,9-10,14-16H2,1-4H3. The van der Waals surface area contributed by atoms with E-state index in [0.717, 1.165) is 48.8 Å². The molecular formula is C25H30N2O3. The fraction of sp³-hybridized carbons (Fsp3) is 0.400. The van der Waals surface area contributed by atoms with Crippen molar-refractivity contribution in [3.8, 4) is 22.8 Å². The summed E-state index contributed by atoms with van der Waals surface area (Å²) in [6.07, 6.45) is 1.18. The van der Waals surface area contributed by atoms with Gasteiger partial charge in [0.25, 0.3) is 0 Å². The number of hydrogen-bond acceptors (Lipinski definition) is 5. The molecule has 4 rings (SSSR count). The Morgan fingerprint density at radius 2 is 1.83 bits per heavy atom. The van der Waals surface area contributed by atoms with E-state index in [1.54, 1.807) is 21.3 Å². The van der Waals surface area contributed by atoms with Gasteiger partial charge in [-0.1, -0.05) is 12.1 Å². The van der Waals surface area contributed by atoms with Crippen molar-refractivity contribution >= 4 is 10.9 Å². The maximum atomic E-state index is 5.54. The molecule has 1 fully saturated rings. The molecule has 5 heteroatoms. The Balaban J connectivity index is 1.75. The van der Waals surface area contributed by atoms with Gasteiger partial charge in [0.1, 0.15) is 0 Å². The lowest BCUT2D eigenvalue weighted by Crippen LogP contribution is -2.22. The van der Waals surface area contributed by atoms with Gasteiger partial charge in [-0.2, -0.15) is 0 Å². The Bertz CT molecular complexity index is 1030. The normalized spacial score (nSPS) is 16.9. The molecule has 0 saturated carbocycles. The number of methoxy groups -OCH3 is 3. The van der Waals surface area contributed by atoms with Gasteiger partial charge in [0.2, 0.25) is 0 Å². The summed E-state index contributed by atoms with van der Waals surface area (Å²) in [6.45, 7) is 5.96. The molecule has 5 nitrogen and oxygen atoms in total. The molecule has 3 aromatic rings. The number of benzene rings is 2. The van der Waals surface area contributed by atoms with Crippen LogP contribution < -0.4 is 9.47 Å². The first-order chi connectivity index (χ1) is 14.6. The van der Waals surface area contributed by atoms with E-state index in [2.05, 4.69) is 42.2 Å². The average Bonchev–Trinajstić information content (AvgIpc) is 3.20. The first kappa shape index (κ1) is 20.6. The molecule has 1 aliphatic rings. The number of rotatable bonds is 7. The van der Waals surface area contributed by atoms with E-state index in [1.165, 1.54) is 22.9 Å². The highest BCUT2D eigenvalue weighted by molar-refractivity contribution is 5.84. The number of ether oxygens (including phenoxy) is 3. The highest BCUT2D eigenvalue weighted by Crippen LogP contribution is 2.35. The van der Waals surface area contributed by atoms with Crippen LogP contribution in [-0.4, -0.2) is 50.9 Å². The molecular weight excluding hydrogens is 376 g/mol. The van der Waals surface area contributed by atoms with Gasteiger partial charge in [0, 0.05) is 31.1 Å². The monoisotopic (exact) mass is 406 g/mol. The summed E-state index contributed by atoms with van der Waals surface area (Å²) in [5.74, 6) is 2.05. The van der Waals surface area contributed by atoms with E-state index < -0.39 is 0 Å². The topological polar surface area (TPSA) is 43.8 Å². The van der Waals surface area contributed by atoms with Crippen LogP contribution in [0.4, 0.5) is 0 Å². The van der Waals surface area contributed by atoms with Crippen molar-refractivity contribution in [1.82, 2.24) is 9.88 Å². The van der Waals surface area contributed by atoms with Crippen LogP contribution in [-0.2, 0) is 11.3 Å². The van der Waals surface area contributed by atoms with Crippen LogP contribution >= 0.6 is 0 Å². The Morgan fingerprint density at radius 3 is 2.60 bits per heavy atom. The number of hydrogen-bond donors (Lipinski definition) is 0. The van der Waals surface area contributed by atoms with Crippen molar-refractivity contribution in [2.45, 2.75) is 19.9 Å². The zero-order chi connectivity index (χ0) is 21.1. The minimum atomic E-state index is 0.607. The zero-order valence-corrected chi connectivity index (χ0v) is 18.3. The van der Waals surface area contributed by atoms with Crippen LogP contribution in [0.1, 0.15) is 17.5 Å². The second-order valence-electron chi connectivity index (χ2n) is 8.11. The first-order valence-corrected chi connectivity index (χ1v) is 10.4. The van der Waals surface area contributed by atoms with Crippen LogP contribution in [0.5, 0.6) is 11.5 Å². The second kappa shape index (κ2) is 9.02. The fourth-order valence-corrected chi connectivity index (χ4v) is 4.34. The quantitative estimate of drug-likeness (QED) is 0.569. The van der Waals surface area contributed by atoms with Gasteiger partial charge in [-0.3, -0.25) is 4.90 Å². The Morgan fingerprint density at radius 1 is 1.00 bits per heavy atom. The molecule has 2 heterocycles. The summed E-state index contributed by atoms with van der Waals surface area (Å²) < 4.78 is 16.3. The molecule has 2 aromatic carbocycles. The number of aryl methyl sites for hydroxylation is 1. The van der Waals surface area contributed by atoms with Crippen LogP contribution in [0.15, 0.2) is 42.5 Å². The molecule has 1 aliphatic heterocycles. The van der Waals surface area contributed by atoms with Gasteiger partial charge < -0.3 is 14.2 Å². The van der Waals surface area contributed by atoms with E-state index in [4.69, 9.17) is 19.2 Å². The Hall–Kier alpha value is -2.63. The maximum absolute atomic E-state index is 5.54. The van der Waals surface area contributed by atoms with Crippen LogP contribution in [0, 0.1) is 12.8 Å². The molecule has 0 radical (unpaired) electrons. The number of nitrogens with zero attached hydrogens (tertiary/aromatic N) is 2. The van der Waals surface area contributed by atoms with Crippen molar-refractivity contribution in [2.75, 3.05) is 41.0 Å². The van der Waals surface area contributed by atoms with Crippen LogP contribution in [0.25, 0.3) is 22.2 Å². The van der Waals surface area contributed by atoms with Crippen molar-refractivity contribution in [1.29, 1.82) is 0 Å². The number of fused-ring (bicyclic) bond motifs is 1. The van der Waals surface area contributed by atoms with Gasteiger partial charge in [-0.25, -0.2) is 4.98 Å². The van der Waals surface area contributed by atoms with Gasteiger partial charge in [0.05, 0.1) is 32.0 Å². The first-order valence-electron chi connectivity index (χ1n) is 10.4. The smallest absolute Gasteiger partial charge is 0.161 e. The summed E-state index contributed by atoms with van der Waals surface area (Å²) in [7, 11) is 5.11. The molecule has 0 aliphatic carbocycles. The molecule has 30 heavy (non-hydrogen) atoms. The molecule has 1 atom stereocenters. The molecule has 158 valence electrons. The lowest BCUT2D eigenvalue weighted by atomic mass is 10.0. The summed E-state index contributed by atoms with van der Waals surface area (Å²) >= 11 is 0. The average molecular weight is 407 g/mol. The lowest BCUT2D eigenvalue weighted by molar-refractivity contribution is 0.152. The minimum absolute atomic E-state index is 0.607. The van der Waals surface area contributed by atoms with E-state index in [0.29, 0.717) is 11.7 Å². The van der Waals surface area contributed by atoms with Crippen LogP contribution in [0.2, 0.25) is 0 Å². The third kappa shape index (κ3) is 4.27. The van der Waals surface area contributed by atoms with E-state index >= 15 is 0 Å². The molecule has 0 N–H and O–H groups in total. The van der Waals surface area contributed by atoms with E-state index in [9.17, 15) is 0 Å². The van der Waals surface area contributed by atoms with Crippen molar-refractivity contribution in [2.24, 2.45) is 5.92 Å². The lowest BCUT2D eigenvalue weighted by Gasteiger charge is -2.19.